The van der Waals surface area contributed by atoms with Crippen LogP contribution in [0.2, 0.25) is 0 Å². The Morgan fingerprint density at radius 1 is 1.21 bits per heavy atom. The fourth-order valence-corrected chi connectivity index (χ4v) is 3.29. The molecular weight excluding hydrogens is 284 g/mol. The van der Waals surface area contributed by atoms with E-state index in [-0.39, 0.29) is 10.0 Å². The number of hydrogen-bond donors (Lipinski definition) is 2. The topological polar surface area (TPSA) is 84.0 Å². The van der Waals surface area contributed by atoms with Gasteiger partial charge < -0.3 is 5.32 Å². The average molecular weight is 298 g/mol. The molecule has 0 spiro atoms. The van der Waals surface area contributed by atoms with Crippen molar-refractivity contribution < 1.29 is 8.42 Å². The molecule has 0 fully saturated rings. The molecule has 6 nitrogen and oxygen atoms in total. The van der Waals surface area contributed by atoms with Gasteiger partial charge in [-0.15, -0.1) is 10.2 Å². The standard InChI is InChI=1S/C11H14N4O2S2/c1-3-12-9-4-6-10(7-5-9)19(16,17)15-11-14-13-8(2)18-11/h4-7,12H,3H2,1-2H3,(H,14,15). The van der Waals surface area contributed by atoms with Crippen LogP contribution in [0.5, 0.6) is 0 Å². The summed E-state index contributed by atoms with van der Waals surface area (Å²) in [5.74, 6) is 0. The van der Waals surface area contributed by atoms with Gasteiger partial charge in [-0.1, -0.05) is 11.3 Å². The maximum Gasteiger partial charge on any atom is 0.263 e. The monoisotopic (exact) mass is 298 g/mol. The lowest BCUT2D eigenvalue weighted by Gasteiger charge is -2.06. The normalized spacial score (nSPS) is 11.3. The molecule has 0 aliphatic carbocycles. The first-order valence-corrected chi connectivity index (χ1v) is 7.98. The van der Waals surface area contributed by atoms with Gasteiger partial charge in [-0.05, 0) is 38.1 Å². The summed E-state index contributed by atoms with van der Waals surface area (Å²) in [6.07, 6.45) is 0. The smallest absolute Gasteiger partial charge is 0.263 e. The van der Waals surface area contributed by atoms with Crippen LogP contribution < -0.4 is 10.0 Å². The van der Waals surface area contributed by atoms with Crippen molar-refractivity contribution >= 4 is 32.2 Å². The van der Waals surface area contributed by atoms with E-state index in [1.54, 1.807) is 31.2 Å². The summed E-state index contributed by atoms with van der Waals surface area (Å²) in [6, 6.07) is 6.55. The molecule has 1 aromatic carbocycles. The van der Waals surface area contributed by atoms with E-state index < -0.39 is 10.0 Å². The second kappa shape index (κ2) is 5.54. The SMILES string of the molecule is CCNc1ccc(S(=O)(=O)Nc2nnc(C)s2)cc1. The zero-order valence-corrected chi connectivity index (χ0v) is 12.2. The number of benzene rings is 1. The lowest BCUT2D eigenvalue weighted by atomic mass is 10.3. The quantitative estimate of drug-likeness (QED) is 0.883. The second-order valence-electron chi connectivity index (χ2n) is 3.79. The van der Waals surface area contributed by atoms with E-state index in [0.29, 0.717) is 5.01 Å². The van der Waals surface area contributed by atoms with Crippen molar-refractivity contribution in [1.82, 2.24) is 10.2 Å². The van der Waals surface area contributed by atoms with Crippen LogP contribution >= 0.6 is 11.3 Å². The second-order valence-corrected chi connectivity index (χ2v) is 6.65. The fourth-order valence-electron chi connectivity index (χ4n) is 1.47. The van der Waals surface area contributed by atoms with Gasteiger partial charge in [0.25, 0.3) is 10.0 Å². The Labute approximate surface area is 115 Å². The molecule has 0 aliphatic rings. The highest BCUT2D eigenvalue weighted by Crippen LogP contribution is 2.20. The average Bonchev–Trinajstić information content (AvgIpc) is 2.75. The Morgan fingerprint density at radius 3 is 2.42 bits per heavy atom. The van der Waals surface area contributed by atoms with Gasteiger partial charge in [0, 0.05) is 12.2 Å². The van der Waals surface area contributed by atoms with Crippen molar-refractivity contribution in [3.63, 3.8) is 0 Å². The molecule has 8 heteroatoms. The third-order valence-corrected chi connectivity index (χ3v) is 4.53. The van der Waals surface area contributed by atoms with Crippen LogP contribution in [-0.4, -0.2) is 25.2 Å². The highest BCUT2D eigenvalue weighted by molar-refractivity contribution is 7.93. The lowest BCUT2D eigenvalue weighted by molar-refractivity contribution is 0.601. The summed E-state index contributed by atoms with van der Waals surface area (Å²) >= 11 is 1.20. The number of aromatic nitrogens is 2. The molecule has 102 valence electrons. The summed E-state index contributed by atoms with van der Waals surface area (Å²) in [7, 11) is -3.60. The summed E-state index contributed by atoms with van der Waals surface area (Å²) in [6.45, 7) is 4.53. The van der Waals surface area contributed by atoms with Crippen molar-refractivity contribution in [2.45, 2.75) is 18.7 Å². The molecule has 0 saturated carbocycles. The predicted molar refractivity (Wildman–Crippen MR) is 76.1 cm³/mol. The van der Waals surface area contributed by atoms with Gasteiger partial charge >= 0.3 is 0 Å². The van der Waals surface area contributed by atoms with Gasteiger partial charge in [0.1, 0.15) is 5.01 Å². The lowest BCUT2D eigenvalue weighted by Crippen LogP contribution is -2.12. The summed E-state index contributed by atoms with van der Waals surface area (Å²) in [4.78, 5) is 0.196. The largest absolute Gasteiger partial charge is 0.385 e. The molecule has 2 aromatic rings. The molecule has 0 bridgehead atoms. The van der Waals surface area contributed by atoms with Crippen molar-refractivity contribution in [3.05, 3.63) is 29.3 Å². The molecule has 2 N–H and O–H groups in total. The number of sulfonamides is 1. The Morgan fingerprint density at radius 2 is 1.89 bits per heavy atom. The highest BCUT2D eigenvalue weighted by atomic mass is 32.2. The maximum absolute atomic E-state index is 12.1. The van der Waals surface area contributed by atoms with Crippen molar-refractivity contribution in [3.8, 4) is 0 Å². The minimum atomic E-state index is -3.60. The van der Waals surface area contributed by atoms with E-state index >= 15 is 0 Å². The molecule has 0 atom stereocenters. The molecule has 19 heavy (non-hydrogen) atoms. The Balaban J connectivity index is 2.19. The third-order valence-electron chi connectivity index (χ3n) is 2.29. The first-order chi connectivity index (χ1) is 9.01. The van der Waals surface area contributed by atoms with Crippen LogP contribution in [0.3, 0.4) is 0 Å². The summed E-state index contributed by atoms with van der Waals surface area (Å²) < 4.78 is 26.6. The van der Waals surface area contributed by atoms with E-state index in [1.807, 2.05) is 6.92 Å². The zero-order chi connectivity index (χ0) is 13.9. The zero-order valence-electron chi connectivity index (χ0n) is 10.5. The molecule has 0 saturated heterocycles. The van der Waals surface area contributed by atoms with Crippen LogP contribution in [0.4, 0.5) is 10.8 Å². The van der Waals surface area contributed by atoms with Gasteiger partial charge in [-0.3, -0.25) is 4.72 Å². The van der Waals surface area contributed by atoms with Crippen molar-refractivity contribution in [2.75, 3.05) is 16.6 Å². The van der Waals surface area contributed by atoms with E-state index in [4.69, 9.17) is 0 Å². The van der Waals surface area contributed by atoms with E-state index in [0.717, 1.165) is 12.2 Å². The minimum Gasteiger partial charge on any atom is -0.385 e. The van der Waals surface area contributed by atoms with E-state index in [9.17, 15) is 8.42 Å². The van der Waals surface area contributed by atoms with E-state index in [2.05, 4.69) is 20.2 Å². The number of hydrogen-bond acceptors (Lipinski definition) is 6. The Bertz CT molecular complexity index is 650. The number of nitrogens with one attached hydrogen (secondary N) is 2. The number of anilines is 2. The number of aryl methyl sites for hydroxylation is 1. The van der Waals surface area contributed by atoms with Gasteiger partial charge in [0.2, 0.25) is 5.13 Å². The number of rotatable bonds is 5. The van der Waals surface area contributed by atoms with Gasteiger partial charge in [0.05, 0.1) is 4.90 Å². The Hall–Kier alpha value is -1.67. The fraction of sp³-hybridized carbons (Fsp3) is 0.273. The molecule has 0 radical (unpaired) electrons. The van der Waals surface area contributed by atoms with Gasteiger partial charge in [-0.25, -0.2) is 8.42 Å². The summed E-state index contributed by atoms with van der Waals surface area (Å²) in [5.41, 5.74) is 0.883. The minimum absolute atomic E-state index is 0.196. The first-order valence-electron chi connectivity index (χ1n) is 5.68. The molecule has 2 rings (SSSR count). The molecular formula is C11H14N4O2S2. The highest BCUT2D eigenvalue weighted by Gasteiger charge is 2.16. The molecule has 0 amide bonds. The van der Waals surface area contributed by atoms with E-state index in [1.165, 1.54) is 11.3 Å². The molecule has 0 aliphatic heterocycles. The van der Waals surface area contributed by atoms with Crippen molar-refractivity contribution in [1.29, 1.82) is 0 Å². The Kier molecular flexibility index (Phi) is 4.01. The van der Waals surface area contributed by atoms with Gasteiger partial charge in [-0.2, -0.15) is 0 Å². The number of nitrogens with zero attached hydrogens (tertiary/aromatic N) is 2. The van der Waals surface area contributed by atoms with Crippen LogP contribution in [0.1, 0.15) is 11.9 Å². The summed E-state index contributed by atoms with van der Waals surface area (Å²) in [5, 5.41) is 11.6. The van der Waals surface area contributed by atoms with Crippen molar-refractivity contribution in [2.24, 2.45) is 0 Å². The van der Waals surface area contributed by atoms with Crippen LogP contribution in [-0.2, 0) is 10.0 Å². The van der Waals surface area contributed by atoms with Crippen LogP contribution in [0, 0.1) is 6.92 Å². The molecule has 1 heterocycles. The maximum atomic E-state index is 12.1. The van der Waals surface area contributed by atoms with Gasteiger partial charge in [0.15, 0.2) is 0 Å². The first kappa shape index (κ1) is 13.8. The third kappa shape index (κ3) is 3.42. The molecule has 1 aromatic heterocycles. The van der Waals surface area contributed by atoms with Crippen LogP contribution in [0.15, 0.2) is 29.2 Å². The molecule has 0 unspecified atom stereocenters. The van der Waals surface area contributed by atoms with Crippen LogP contribution in [0.25, 0.3) is 0 Å². The predicted octanol–water partition coefficient (Wildman–Crippen LogP) is 2.08.